The first-order chi connectivity index (χ1) is 13.8. The van der Waals surface area contributed by atoms with Gasteiger partial charge >= 0.3 is 5.97 Å². The second-order valence-corrected chi connectivity index (χ2v) is 9.36. The molecule has 0 aromatic heterocycles. The molecule has 0 saturated heterocycles. The molecule has 5 rings (SSSR count). The van der Waals surface area contributed by atoms with E-state index >= 15 is 0 Å². The molecule has 29 heavy (non-hydrogen) atoms. The maximum absolute atomic E-state index is 11.6. The van der Waals surface area contributed by atoms with Gasteiger partial charge in [0.25, 0.3) is 0 Å². The largest absolute Gasteiger partial charge is 0.486 e. The third-order valence-corrected chi connectivity index (χ3v) is 8.22. The van der Waals surface area contributed by atoms with E-state index in [9.17, 15) is 4.79 Å². The highest BCUT2D eigenvalue weighted by Crippen LogP contribution is 2.73. The Hall–Kier alpha value is -2.73. The van der Waals surface area contributed by atoms with E-state index in [-0.39, 0.29) is 22.4 Å². The van der Waals surface area contributed by atoms with Crippen LogP contribution in [0.15, 0.2) is 42.5 Å². The Labute approximate surface area is 172 Å². The Morgan fingerprint density at radius 1 is 1.07 bits per heavy atom. The molecule has 4 unspecified atom stereocenters. The molecular weight excluding hydrogens is 360 g/mol. The summed E-state index contributed by atoms with van der Waals surface area (Å²) < 4.78 is 11.3. The molecule has 4 atom stereocenters. The molecule has 2 aromatic carbocycles. The number of hydrogen-bond donors (Lipinski definition) is 0. The van der Waals surface area contributed by atoms with Gasteiger partial charge in [-0.25, -0.2) is 4.79 Å². The summed E-state index contributed by atoms with van der Waals surface area (Å²) in [6, 6.07) is 13.6. The first kappa shape index (κ1) is 18.3. The molecule has 1 aliphatic heterocycles. The summed E-state index contributed by atoms with van der Waals surface area (Å²) in [6.07, 6.45) is 3.79. The zero-order valence-corrected chi connectivity index (χ0v) is 17.5. The number of fused-ring (bicyclic) bond motifs is 7. The maximum Gasteiger partial charge on any atom is 0.337 e. The minimum atomic E-state index is -0.334. The summed E-state index contributed by atoms with van der Waals surface area (Å²) in [4.78, 5) is 11.6. The fraction of sp³-hybridized carbons (Fsp3) is 0.423. The molecule has 2 aliphatic carbocycles. The van der Waals surface area contributed by atoms with E-state index in [1.54, 1.807) is 12.1 Å². The topological polar surface area (TPSA) is 35.5 Å². The second kappa shape index (κ2) is 5.89. The van der Waals surface area contributed by atoms with Crippen molar-refractivity contribution < 1.29 is 14.3 Å². The molecule has 2 aromatic rings. The molecule has 3 aliphatic rings. The molecular formula is C26H26O3. The Balaban J connectivity index is 1.48. The van der Waals surface area contributed by atoms with Crippen molar-refractivity contribution in [1.82, 2.24) is 0 Å². The molecule has 2 bridgehead atoms. The highest BCUT2D eigenvalue weighted by atomic mass is 16.5. The number of carbonyl (C=O) groups excluding carboxylic acids is 1. The first-order valence-electron chi connectivity index (χ1n) is 10.3. The average Bonchev–Trinajstić information content (AvgIpc) is 3.30. The highest BCUT2D eigenvalue weighted by molar-refractivity contribution is 5.89. The standard InChI is InChI=1S/C26H26O3/c1-24-14-13-20(16-24)26(3)25(24,2)21-15-18(9-12-22(21)29-26)6-5-17-7-10-19(11-8-17)23(27)28-4/h7-12,15,20H,13-14,16H2,1-4H3. The van der Waals surface area contributed by atoms with Crippen LogP contribution in [0.3, 0.4) is 0 Å². The molecule has 1 heterocycles. The second-order valence-electron chi connectivity index (χ2n) is 9.36. The van der Waals surface area contributed by atoms with E-state index in [1.807, 2.05) is 18.2 Å². The fourth-order valence-corrected chi connectivity index (χ4v) is 6.22. The number of rotatable bonds is 1. The third kappa shape index (κ3) is 2.29. The van der Waals surface area contributed by atoms with Gasteiger partial charge in [-0.15, -0.1) is 0 Å². The number of carbonyl (C=O) groups is 1. The van der Waals surface area contributed by atoms with E-state index in [0.29, 0.717) is 11.5 Å². The van der Waals surface area contributed by atoms with Crippen molar-refractivity contribution in [2.75, 3.05) is 7.11 Å². The SMILES string of the molecule is COC(=O)c1ccc(C#Cc2ccc3c(c2)C2(C)C4(C)CCC(C4)C2(C)O3)cc1. The zero-order valence-electron chi connectivity index (χ0n) is 17.5. The predicted octanol–water partition coefficient (Wildman–Crippen LogP) is 5.10. The Morgan fingerprint density at radius 3 is 2.48 bits per heavy atom. The van der Waals surface area contributed by atoms with Gasteiger partial charge in [-0.05, 0) is 80.0 Å². The lowest BCUT2D eigenvalue weighted by Gasteiger charge is -2.48. The van der Waals surface area contributed by atoms with E-state index in [0.717, 1.165) is 16.9 Å². The van der Waals surface area contributed by atoms with Gasteiger partial charge in [0.1, 0.15) is 11.4 Å². The van der Waals surface area contributed by atoms with E-state index in [2.05, 4.69) is 44.7 Å². The van der Waals surface area contributed by atoms with Crippen molar-refractivity contribution in [3.63, 3.8) is 0 Å². The Bertz CT molecular complexity index is 1070. The van der Waals surface area contributed by atoms with Gasteiger partial charge in [0.15, 0.2) is 0 Å². The van der Waals surface area contributed by atoms with Crippen LogP contribution in [0.1, 0.15) is 67.1 Å². The van der Waals surface area contributed by atoms with Gasteiger partial charge in [0.05, 0.1) is 12.7 Å². The lowest BCUT2D eigenvalue weighted by molar-refractivity contribution is -0.0260. The van der Waals surface area contributed by atoms with Crippen LogP contribution >= 0.6 is 0 Å². The smallest absolute Gasteiger partial charge is 0.337 e. The quantitative estimate of drug-likeness (QED) is 0.505. The number of hydrogen-bond acceptors (Lipinski definition) is 3. The minimum absolute atomic E-state index is 0.0259. The van der Waals surface area contributed by atoms with Crippen LogP contribution in [-0.4, -0.2) is 18.7 Å². The van der Waals surface area contributed by atoms with Crippen LogP contribution < -0.4 is 4.74 Å². The van der Waals surface area contributed by atoms with Crippen molar-refractivity contribution >= 4 is 5.97 Å². The predicted molar refractivity (Wildman–Crippen MR) is 112 cm³/mol. The number of benzene rings is 2. The molecule has 0 radical (unpaired) electrons. The van der Waals surface area contributed by atoms with Crippen LogP contribution in [-0.2, 0) is 10.2 Å². The van der Waals surface area contributed by atoms with Gasteiger partial charge in [-0.3, -0.25) is 0 Å². The van der Waals surface area contributed by atoms with E-state index < -0.39 is 0 Å². The van der Waals surface area contributed by atoms with Gasteiger partial charge < -0.3 is 9.47 Å². The summed E-state index contributed by atoms with van der Waals surface area (Å²) >= 11 is 0. The van der Waals surface area contributed by atoms with E-state index in [4.69, 9.17) is 9.47 Å². The van der Waals surface area contributed by atoms with Gasteiger partial charge in [0.2, 0.25) is 0 Å². The van der Waals surface area contributed by atoms with Crippen LogP contribution in [0.5, 0.6) is 5.75 Å². The van der Waals surface area contributed by atoms with E-state index in [1.165, 1.54) is 31.9 Å². The number of ether oxygens (including phenoxy) is 2. The molecule has 0 N–H and O–H groups in total. The summed E-state index contributed by atoms with van der Waals surface area (Å²) in [5.74, 6) is 7.84. The van der Waals surface area contributed by atoms with Crippen molar-refractivity contribution in [1.29, 1.82) is 0 Å². The fourth-order valence-electron chi connectivity index (χ4n) is 6.22. The molecule has 3 heteroatoms. The molecule has 148 valence electrons. The highest BCUT2D eigenvalue weighted by Gasteiger charge is 2.73. The summed E-state index contributed by atoms with van der Waals surface area (Å²) in [5, 5.41) is 0. The van der Waals surface area contributed by atoms with Crippen LogP contribution in [0.4, 0.5) is 0 Å². The van der Waals surface area contributed by atoms with Crippen molar-refractivity contribution in [3.05, 3.63) is 64.7 Å². The monoisotopic (exact) mass is 386 g/mol. The number of esters is 1. The maximum atomic E-state index is 11.6. The van der Waals surface area contributed by atoms with Crippen molar-refractivity contribution in [2.45, 2.75) is 51.0 Å². The van der Waals surface area contributed by atoms with Gasteiger partial charge in [0, 0.05) is 22.1 Å². The first-order valence-corrected chi connectivity index (χ1v) is 10.3. The number of methoxy groups -OCH3 is 1. The lowest BCUT2D eigenvalue weighted by atomic mass is 9.56. The minimum Gasteiger partial charge on any atom is -0.486 e. The van der Waals surface area contributed by atoms with Crippen molar-refractivity contribution in [3.8, 4) is 17.6 Å². The summed E-state index contributed by atoms with van der Waals surface area (Å²) in [7, 11) is 1.38. The summed E-state index contributed by atoms with van der Waals surface area (Å²) in [5.41, 5.74) is 3.92. The molecule has 2 fully saturated rings. The van der Waals surface area contributed by atoms with Gasteiger partial charge in [-0.2, -0.15) is 0 Å². The Morgan fingerprint density at radius 2 is 1.76 bits per heavy atom. The lowest BCUT2D eigenvalue weighted by Crippen LogP contribution is -2.54. The van der Waals surface area contributed by atoms with Crippen molar-refractivity contribution in [2.24, 2.45) is 11.3 Å². The Kier molecular flexibility index (Phi) is 3.72. The molecule has 3 nitrogen and oxygen atoms in total. The zero-order chi connectivity index (χ0) is 20.4. The van der Waals surface area contributed by atoms with Crippen LogP contribution in [0.25, 0.3) is 0 Å². The third-order valence-electron chi connectivity index (χ3n) is 8.22. The average molecular weight is 386 g/mol. The van der Waals surface area contributed by atoms with Crippen LogP contribution in [0.2, 0.25) is 0 Å². The normalized spacial score (nSPS) is 33.3. The van der Waals surface area contributed by atoms with Gasteiger partial charge in [-0.1, -0.05) is 25.7 Å². The van der Waals surface area contributed by atoms with Crippen LogP contribution in [0, 0.1) is 23.2 Å². The molecule has 0 spiro atoms. The molecule has 2 saturated carbocycles. The summed E-state index contributed by atoms with van der Waals surface area (Å²) in [6.45, 7) is 7.16. The molecule has 0 amide bonds.